The topological polar surface area (TPSA) is 94.6 Å². The number of ether oxygens (including phenoxy) is 3. The minimum absolute atomic E-state index is 0.0493. The lowest BCUT2D eigenvalue weighted by Gasteiger charge is -2.19. The van der Waals surface area contributed by atoms with Crippen LogP contribution in [-0.2, 0) is 9.47 Å². The predicted octanol–water partition coefficient (Wildman–Crippen LogP) is 2.52. The summed E-state index contributed by atoms with van der Waals surface area (Å²) in [6.45, 7) is 0.902. The predicted molar refractivity (Wildman–Crippen MR) is 114 cm³/mol. The van der Waals surface area contributed by atoms with Gasteiger partial charge in [-0.25, -0.2) is 9.97 Å². The summed E-state index contributed by atoms with van der Waals surface area (Å²) in [5.74, 6) is 1.72. The third kappa shape index (κ3) is 4.22. The number of methoxy groups -OCH3 is 1. The lowest BCUT2D eigenvalue weighted by molar-refractivity contribution is 0.0652. The first-order valence-electron chi connectivity index (χ1n) is 11.0. The van der Waals surface area contributed by atoms with Crippen molar-refractivity contribution in [3.8, 4) is 5.75 Å². The van der Waals surface area contributed by atoms with E-state index in [0.717, 1.165) is 5.69 Å². The Morgan fingerprint density at radius 1 is 1.03 bits per heavy atom. The molecule has 4 atom stereocenters. The van der Waals surface area contributed by atoms with Crippen LogP contribution in [0.4, 0.5) is 5.95 Å². The molecule has 3 aliphatic rings. The normalized spacial score (nSPS) is 27.8. The van der Waals surface area contributed by atoms with Crippen LogP contribution in [0.25, 0.3) is 0 Å². The molecule has 2 aliphatic heterocycles. The number of nitrogens with one attached hydrogen (secondary N) is 2. The summed E-state index contributed by atoms with van der Waals surface area (Å²) in [5.41, 5.74) is 1.69. The van der Waals surface area contributed by atoms with E-state index in [0.29, 0.717) is 36.4 Å². The number of carbonyl (C=O) groups is 1. The number of anilines is 1. The largest absolute Gasteiger partial charge is 0.497 e. The van der Waals surface area contributed by atoms with Crippen LogP contribution < -0.4 is 15.4 Å². The zero-order valence-electron chi connectivity index (χ0n) is 17.6. The lowest BCUT2D eigenvalue weighted by atomic mass is 10.0. The van der Waals surface area contributed by atoms with Crippen molar-refractivity contribution in [2.24, 2.45) is 0 Å². The van der Waals surface area contributed by atoms with Gasteiger partial charge in [0.1, 0.15) is 18.0 Å². The molecule has 0 bridgehead atoms. The number of amides is 1. The summed E-state index contributed by atoms with van der Waals surface area (Å²) in [6.07, 6.45) is 6.42. The number of rotatable bonds is 6. The molecule has 2 saturated heterocycles. The fourth-order valence-electron chi connectivity index (χ4n) is 4.80. The van der Waals surface area contributed by atoms with Gasteiger partial charge in [-0.2, -0.15) is 0 Å². The van der Waals surface area contributed by atoms with E-state index in [2.05, 4.69) is 15.6 Å². The van der Waals surface area contributed by atoms with Crippen LogP contribution in [0.1, 0.15) is 47.7 Å². The molecule has 3 fully saturated rings. The fourth-order valence-corrected chi connectivity index (χ4v) is 4.80. The molecule has 164 valence electrons. The van der Waals surface area contributed by atoms with E-state index in [4.69, 9.17) is 19.2 Å². The second kappa shape index (κ2) is 8.80. The smallest absolute Gasteiger partial charge is 0.251 e. The summed E-state index contributed by atoms with van der Waals surface area (Å²) in [7, 11) is 1.60. The Morgan fingerprint density at radius 3 is 2.48 bits per heavy atom. The van der Waals surface area contributed by atoms with E-state index in [1.54, 1.807) is 31.4 Å². The van der Waals surface area contributed by atoms with E-state index in [9.17, 15) is 4.79 Å². The summed E-state index contributed by atoms with van der Waals surface area (Å²) in [5, 5.41) is 6.44. The van der Waals surface area contributed by atoms with Gasteiger partial charge >= 0.3 is 0 Å². The minimum atomic E-state index is -0.197. The average Bonchev–Trinajstić information content (AvgIpc) is 3.55. The van der Waals surface area contributed by atoms with Gasteiger partial charge in [-0.05, 0) is 43.2 Å². The number of fused-ring (bicyclic) bond motifs is 1. The van der Waals surface area contributed by atoms with Gasteiger partial charge in [0, 0.05) is 23.4 Å². The third-order valence-electron chi connectivity index (χ3n) is 6.49. The third-order valence-corrected chi connectivity index (χ3v) is 6.49. The van der Waals surface area contributed by atoms with Crippen LogP contribution in [0.5, 0.6) is 5.75 Å². The van der Waals surface area contributed by atoms with E-state index in [1.165, 1.54) is 25.7 Å². The number of benzene rings is 1. The first-order chi connectivity index (χ1) is 15.2. The summed E-state index contributed by atoms with van der Waals surface area (Å²) < 4.78 is 17.1. The highest BCUT2D eigenvalue weighted by Crippen LogP contribution is 2.33. The second-order valence-corrected chi connectivity index (χ2v) is 8.44. The first-order valence-corrected chi connectivity index (χ1v) is 11.0. The Labute approximate surface area is 181 Å². The van der Waals surface area contributed by atoms with Crippen molar-refractivity contribution >= 4 is 11.9 Å². The zero-order chi connectivity index (χ0) is 21.2. The average molecular weight is 425 g/mol. The SMILES string of the molecule is COc1ccc(C(=O)NC2COC3C(Nc4nccc(C5CCCC5)n4)COC23)cc1. The Morgan fingerprint density at radius 2 is 1.74 bits per heavy atom. The van der Waals surface area contributed by atoms with Crippen molar-refractivity contribution in [2.75, 3.05) is 25.6 Å². The van der Waals surface area contributed by atoms with Crippen LogP contribution >= 0.6 is 0 Å². The van der Waals surface area contributed by atoms with E-state index in [-0.39, 0.29) is 30.2 Å². The highest BCUT2D eigenvalue weighted by molar-refractivity contribution is 5.94. The highest BCUT2D eigenvalue weighted by atomic mass is 16.6. The summed E-state index contributed by atoms with van der Waals surface area (Å²) >= 11 is 0. The Hall–Kier alpha value is -2.71. The molecule has 1 amide bonds. The van der Waals surface area contributed by atoms with Gasteiger partial charge in [0.05, 0.1) is 32.4 Å². The molecule has 4 unspecified atom stereocenters. The van der Waals surface area contributed by atoms with Crippen LogP contribution in [0.3, 0.4) is 0 Å². The Kier molecular flexibility index (Phi) is 5.74. The molecule has 31 heavy (non-hydrogen) atoms. The van der Waals surface area contributed by atoms with Gasteiger partial charge in [-0.3, -0.25) is 4.79 Å². The molecule has 5 rings (SSSR count). The van der Waals surface area contributed by atoms with Crippen molar-refractivity contribution in [1.82, 2.24) is 15.3 Å². The van der Waals surface area contributed by atoms with Crippen molar-refractivity contribution in [3.05, 3.63) is 47.8 Å². The van der Waals surface area contributed by atoms with Gasteiger partial charge in [0.2, 0.25) is 5.95 Å². The molecule has 8 heteroatoms. The van der Waals surface area contributed by atoms with Crippen molar-refractivity contribution in [2.45, 2.75) is 55.9 Å². The molecule has 8 nitrogen and oxygen atoms in total. The number of nitrogens with zero attached hydrogens (tertiary/aromatic N) is 2. The maximum Gasteiger partial charge on any atom is 0.251 e. The number of aromatic nitrogens is 2. The van der Waals surface area contributed by atoms with Crippen LogP contribution in [0, 0.1) is 0 Å². The summed E-state index contributed by atoms with van der Waals surface area (Å²) in [6, 6.07) is 8.81. The molecule has 3 heterocycles. The zero-order valence-corrected chi connectivity index (χ0v) is 17.6. The molecule has 1 aliphatic carbocycles. The van der Waals surface area contributed by atoms with E-state index < -0.39 is 0 Å². The van der Waals surface area contributed by atoms with Gasteiger partial charge in [-0.1, -0.05) is 12.8 Å². The maximum atomic E-state index is 12.6. The highest BCUT2D eigenvalue weighted by Gasteiger charge is 2.48. The van der Waals surface area contributed by atoms with Gasteiger partial charge < -0.3 is 24.8 Å². The molecule has 1 saturated carbocycles. The molecule has 2 N–H and O–H groups in total. The first kappa shape index (κ1) is 20.2. The molecular formula is C23H28N4O4. The monoisotopic (exact) mass is 424 g/mol. The van der Waals surface area contributed by atoms with Gasteiger partial charge in [-0.15, -0.1) is 0 Å². The second-order valence-electron chi connectivity index (χ2n) is 8.44. The standard InChI is InChI=1S/C23H28N4O4/c1-29-16-8-6-15(7-9-16)22(28)25-18-12-30-21-19(13-31-20(18)21)27-23-24-11-10-17(26-23)14-4-2-3-5-14/h6-11,14,18-21H,2-5,12-13H2,1H3,(H,25,28)(H,24,26,27). The van der Waals surface area contributed by atoms with Crippen molar-refractivity contribution < 1.29 is 19.0 Å². The number of hydrogen-bond donors (Lipinski definition) is 2. The number of hydrogen-bond acceptors (Lipinski definition) is 7. The molecule has 0 radical (unpaired) electrons. The molecule has 1 aromatic carbocycles. The quantitative estimate of drug-likeness (QED) is 0.736. The van der Waals surface area contributed by atoms with Crippen molar-refractivity contribution in [1.29, 1.82) is 0 Å². The molecule has 0 spiro atoms. The van der Waals surface area contributed by atoms with Crippen LogP contribution in [-0.4, -0.2) is 60.5 Å². The minimum Gasteiger partial charge on any atom is -0.497 e. The number of carbonyl (C=O) groups excluding carboxylic acids is 1. The molecular weight excluding hydrogens is 396 g/mol. The van der Waals surface area contributed by atoms with Crippen molar-refractivity contribution in [3.63, 3.8) is 0 Å². The van der Waals surface area contributed by atoms with Gasteiger partial charge in [0.15, 0.2) is 0 Å². The molecule has 1 aromatic heterocycles. The fraction of sp³-hybridized carbons (Fsp3) is 0.522. The van der Waals surface area contributed by atoms with Gasteiger partial charge in [0.25, 0.3) is 5.91 Å². The van der Waals surface area contributed by atoms with Crippen LogP contribution in [0.2, 0.25) is 0 Å². The van der Waals surface area contributed by atoms with E-state index >= 15 is 0 Å². The molecule has 2 aromatic rings. The lowest BCUT2D eigenvalue weighted by Crippen LogP contribution is -2.44. The Bertz CT molecular complexity index is 916. The van der Waals surface area contributed by atoms with Crippen LogP contribution in [0.15, 0.2) is 36.5 Å². The summed E-state index contributed by atoms with van der Waals surface area (Å²) in [4.78, 5) is 21.8. The Balaban J connectivity index is 1.20. The van der Waals surface area contributed by atoms with E-state index in [1.807, 2.05) is 12.3 Å². The maximum absolute atomic E-state index is 12.6.